The molecule has 136 valence electrons. The lowest BCUT2D eigenvalue weighted by Crippen LogP contribution is -2.29. The first-order chi connectivity index (χ1) is 11.6. The number of carboxylic acid groups (broad SMARTS) is 1. The highest BCUT2D eigenvalue weighted by Crippen LogP contribution is 2.16. The topological polar surface area (TPSA) is 72.5 Å². The molecule has 0 bridgehead atoms. The second-order valence-corrected chi connectivity index (χ2v) is 5.95. The van der Waals surface area contributed by atoms with Gasteiger partial charge < -0.3 is 15.6 Å². The first-order valence-electron chi connectivity index (χ1n) is 8.39. The molecule has 0 aliphatic carbocycles. The molecular formula is C20H26BrNO3. The first-order valence-corrected chi connectivity index (χ1v) is 8.39. The van der Waals surface area contributed by atoms with E-state index < -0.39 is 12.0 Å². The number of hydrogen-bond donors (Lipinski definition) is 2. The Morgan fingerprint density at radius 3 is 2.24 bits per heavy atom. The molecule has 0 fully saturated rings. The summed E-state index contributed by atoms with van der Waals surface area (Å²) < 4.78 is 5.72. The average molecular weight is 408 g/mol. The summed E-state index contributed by atoms with van der Waals surface area (Å²) in [4.78, 5) is 10.6. The molecule has 3 N–H and O–H groups in total. The van der Waals surface area contributed by atoms with Gasteiger partial charge in [-0.25, -0.2) is 0 Å². The molecule has 0 saturated heterocycles. The zero-order valence-corrected chi connectivity index (χ0v) is 16.0. The third kappa shape index (κ3) is 8.18. The summed E-state index contributed by atoms with van der Waals surface area (Å²) in [6, 6.07) is 17.8. The van der Waals surface area contributed by atoms with Gasteiger partial charge in [-0.05, 0) is 48.9 Å². The predicted octanol–water partition coefficient (Wildman–Crippen LogP) is 4.21. The van der Waals surface area contributed by atoms with E-state index in [0.717, 1.165) is 31.4 Å². The van der Waals surface area contributed by atoms with Gasteiger partial charge in [-0.15, -0.1) is 17.0 Å². The van der Waals surface area contributed by atoms with Crippen LogP contribution in [0, 0.1) is 0 Å². The predicted molar refractivity (Wildman–Crippen MR) is 106 cm³/mol. The van der Waals surface area contributed by atoms with Gasteiger partial charge in [0, 0.05) is 0 Å². The summed E-state index contributed by atoms with van der Waals surface area (Å²) in [6.45, 7) is 0.639. The Morgan fingerprint density at radius 1 is 0.960 bits per heavy atom. The number of carbonyl (C=O) groups is 1. The Morgan fingerprint density at radius 2 is 1.60 bits per heavy atom. The van der Waals surface area contributed by atoms with Crippen molar-refractivity contribution in [2.24, 2.45) is 5.73 Å². The van der Waals surface area contributed by atoms with E-state index in [1.54, 1.807) is 0 Å². The van der Waals surface area contributed by atoms with Gasteiger partial charge in [0.1, 0.15) is 11.8 Å². The fraction of sp³-hybridized carbons (Fsp3) is 0.350. The van der Waals surface area contributed by atoms with Crippen molar-refractivity contribution in [3.8, 4) is 5.75 Å². The Bertz CT molecular complexity index is 617. The molecule has 0 unspecified atom stereocenters. The Balaban J connectivity index is 0.00000312. The van der Waals surface area contributed by atoms with Crippen LogP contribution >= 0.6 is 17.0 Å². The number of unbranched alkanes of at least 4 members (excludes halogenated alkanes) is 2. The van der Waals surface area contributed by atoms with Gasteiger partial charge in [0.2, 0.25) is 0 Å². The van der Waals surface area contributed by atoms with E-state index in [1.807, 2.05) is 18.2 Å². The minimum atomic E-state index is -0.929. The third-order valence-corrected chi connectivity index (χ3v) is 3.92. The SMILES string of the molecule is Br.N[C@@H](CCCCCOc1ccc(Cc2ccccc2)cc1)C(=O)O. The summed E-state index contributed by atoms with van der Waals surface area (Å²) in [7, 11) is 0. The molecule has 0 heterocycles. The molecule has 2 rings (SSSR count). The van der Waals surface area contributed by atoms with E-state index in [-0.39, 0.29) is 17.0 Å². The minimum Gasteiger partial charge on any atom is -0.494 e. The first kappa shape index (κ1) is 21.2. The van der Waals surface area contributed by atoms with Crippen LogP contribution in [0.15, 0.2) is 54.6 Å². The van der Waals surface area contributed by atoms with Crippen molar-refractivity contribution >= 4 is 23.0 Å². The zero-order chi connectivity index (χ0) is 17.2. The van der Waals surface area contributed by atoms with Crippen LogP contribution < -0.4 is 10.5 Å². The van der Waals surface area contributed by atoms with E-state index in [0.29, 0.717) is 13.0 Å². The Kier molecular flexibility index (Phi) is 9.88. The number of carboxylic acids is 1. The van der Waals surface area contributed by atoms with Crippen LogP contribution in [-0.4, -0.2) is 23.7 Å². The quantitative estimate of drug-likeness (QED) is 0.578. The summed E-state index contributed by atoms with van der Waals surface area (Å²) in [6.07, 6.45) is 4.08. The molecule has 0 amide bonds. The number of ether oxygens (including phenoxy) is 1. The molecule has 2 aromatic rings. The highest BCUT2D eigenvalue weighted by Gasteiger charge is 2.09. The Labute approximate surface area is 159 Å². The lowest BCUT2D eigenvalue weighted by Gasteiger charge is -2.08. The number of benzene rings is 2. The van der Waals surface area contributed by atoms with Gasteiger partial charge in [-0.1, -0.05) is 48.9 Å². The van der Waals surface area contributed by atoms with E-state index in [2.05, 4.69) is 36.4 Å². The van der Waals surface area contributed by atoms with Crippen molar-refractivity contribution < 1.29 is 14.6 Å². The van der Waals surface area contributed by atoms with Crippen molar-refractivity contribution in [3.05, 3.63) is 65.7 Å². The van der Waals surface area contributed by atoms with E-state index in [1.165, 1.54) is 11.1 Å². The van der Waals surface area contributed by atoms with Gasteiger partial charge >= 0.3 is 5.97 Å². The molecule has 5 heteroatoms. The van der Waals surface area contributed by atoms with Crippen LogP contribution in [0.2, 0.25) is 0 Å². The van der Waals surface area contributed by atoms with Crippen LogP contribution in [0.3, 0.4) is 0 Å². The van der Waals surface area contributed by atoms with Crippen molar-refractivity contribution in [1.82, 2.24) is 0 Å². The van der Waals surface area contributed by atoms with E-state index >= 15 is 0 Å². The minimum absolute atomic E-state index is 0. The van der Waals surface area contributed by atoms with Crippen LogP contribution in [0.4, 0.5) is 0 Å². The maximum atomic E-state index is 10.6. The molecule has 0 aliphatic heterocycles. The molecule has 2 aromatic carbocycles. The molecule has 4 nitrogen and oxygen atoms in total. The standard InChI is InChI=1S/C20H25NO3.BrH/c21-19(20(22)23)9-5-2-6-14-24-18-12-10-17(11-13-18)15-16-7-3-1-4-8-16;/h1,3-4,7-8,10-13,19H,2,5-6,9,14-15,21H2,(H,22,23);1H/t19-;/m0./s1. The van der Waals surface area contributed by atoms with Gasteiger partial charge in [0.05, 0.1) is 6.61 Å². The van der Waals surface area contributed by atoms with E-state index in [9.17, 15) is 4.79 Å². The van der Waals surface area contributed by atoms with Crippen LogP contribution in [0.25, 0.3) is 0 Å². The smallest absolute Gasteiger partial charge is 0.320 e. The second kappa shape index (κ2) is 11.7. The number of hydrogen-bond acceptors (Lipinski definition) is 3. The molecule has 0 spiro atoms. The molecule has 0 aliphatic rings. The van der Waals surface area contributed by atoms with Crippen molar-refractivity contribution in [2.75, 3.05) is 6.61 Å². The fourth-order valence-corrected chi connectivity index (χ4v) is 2.49. The number of aliphatic carboxylic acids is 1. The monoisotopic (exact) mass is 407 g/mol. The van der Waals surface area contributed by atoms with E-state index in [4.69, 9.17) is 15.6 Å². The molecule has 0 saturated carbocycles. The molecular weight excluding hydrogens is 382 g/mol. The summed E-state index contributed by atoms with van der Waals surface area (Å²) in [5, 5.41) is 8.70. The van der Waals surface area contributed by atoms with Gasteiger partial charge in [0.15, 0.2) is 0 Å². The van der Waals surface area contributed by atoms with Crippen molar-refractivity contribution in [1.29, 1.82) is 0 Å². The largest absolute Gasteiger partial charge is 0.494 e. The van der Waals surface area contributed by atoms with Gasteiger partial charge in [0.25, 0.3) is 0 Å². The number of nitrogens with two attached hydrogens (primary N) is 1. The molecule has 25 heavy (non-hydrogen) atoms. The normalized spacial score (nSPS) is 11.4. The maximum absolute atomic E-state index is 10.6. The second-order valence-electron chi connectivity index (χ2n) is 5.95. The highest BCUT2D eigenvalue weighted by atomic mass is 79.9. The third-order valence-electron chi connectivity index (χ3n) is 3.92. The van der Waals surface area contributed by atoms with Crippen LogP contribution in [0.1, 0.15) is 36.8 Å². The van der Waals surface area contributed by atoms with Gasteiger partial charge in [-0.2, -0.15) is 0 Å². The van der Waals surface area contributed by atoms with Crippen LogP contribution in [-0.2, 0) is 11.2 Å². The summed E-state index contributed by atoms with van der Waals surface area (Å²) in [5.41, 5.74) is 8.02. The highest BCUT2D eigenvalue weighted by molar-refractivity contribution is 8.93. The molecule has 0 aromatic heterocycles. The zero-order valence-electron chi connectivity index (χ0n) is 14.3. The van der Waals surface area contributed by atoms with Gasteiger partial charge in [-0.3, -0.25) is 4.79 Å². The Hall–Kier alpha value is -1.85. The summed E-state index contributed by atoms with van der Waals surface area (Å²) in [5.74, 6) is -0.0594. The lowest BCUT2D eigenvalue weighted by molar-refractivity contribution is -0.138. The molecule has 0 radical (unpaired) electrons. The number of rotatable bonds is 10. The summed E-state index contributed by atoms with van der Waals surface area (Å²) >= 11 is 0. The maximum Gasteiger partial charge on any atom is 0.320 e. The lowest BCUT2D eigenvalue weighted by atomic mass is 10.1. The molecule has 1 atom stereocenters. The van der Waals surface area contributed by atoms with Crippen molar-refractivity contribution in [3.63, 3.8) is 0 Å². The van der Waals surface area contributed by atoms with Crippen LogP contribution in [0.5, 0.6) is 5.75 Å². The fourth-order valence-electron chi connectivity index (χ4n) is 2.49. The van der Waals surface area contributed by atoms with Crippen molar-refractivity contribution in [2.45, 2.75) is 38.1 Å². The average Bonchev–Trinajstić information content (AvgIpc) is 2.60. The number of halogens is 1.